The Bertz CT molecular complexity index is 932. The van der Waals surface area contributed by atoms with E-state index < -0.39 is 33.7 Å². The third kappa shape index (κ3) is 4.42. The fraction of sp³-hybridized carbons (Fsp3) is 0.294. The van der Waals surface area contributed by atoms with Crippen molar-refractivity contribution in [1.82, 2.24) is 5.32 Å². The number of amides is 1. The van der Waals surface area contributed by atoms with E-state index >= 15 is 0 Å². The minimum Gasteiger partial charge on any atom is -0.497 e. The van der Waals surface area contributed by atoms with E-state index in [2.05, 4.69) is 5.32 Å². The molecule has 0 radical (unpaired) electrons. The highest BCUT2D eigenvalue weighted by atomic mass is 32.2. The minimum absolute atomic E-state index is 0.232. The Kier molecular flexibility index (Phi) is 5.41. The van der Waals surface area contributed by atoms with Crippen LogP contribution in [0.4, 0.5) is 0 Å². The van der Waals surface area contributed by atoms with Crippen LogP contribution < -0.4 is 10.1 Å². The SMILES string of the molecule is COc1cccc(C(C)(CC(=O)O)NC(=O)c2ccc(S(C)(=O)=O)o2)c1. The van der Waals surface area contributed by atoms with Gasteiger partial charge in [0.15, 0.2) is 5.76 Å². The smallest absolute Gasteiger partial charge is 0.306 e. The standard InChI is InChI=1S/C17H19NO7S/c1-17(10-14(19)20,11-5-4-6-12(9-11)24-2)18-16(21)13-7-8-15(25-13)26(3,22)23/h4-9H,10H2,1-3H3,(H,18,21)(H,19,20). The molecule has 0 aliphatic heterocycles. The summed E-state index contributed by atoms with van der Waals surface area (Å²) in [6.07, 6.45) is 0.559. The largest absolute Gasteiger partial charge is 0.497 e. The number of nitrogens with one attached hydrogen (secondary N) is 1. The minimum atomic E-state index is -3.60. The number of aliphatic carboxylic acids is 1. The second kappa shape index (κ2) is 7.20. The molecule has 0 bridgehead atoms. The Labute approximate surface area is 150 Å². The second-order valence-electron chi connectivity index (χ2n) is 5.98. The maximum Gasteiger partial charge on any atom is 0.306 e. The van der Waals surface area contributed by atoms with Gasteiger partial charge in [-0.25, -0.2) is 8.42 Å². The van der Waals surface area contributed by atoms with Gasteiger partial charge in [-0.1, -0.05) is 12.1 Å². The van der Waals surface area contributed by atoms with Crippen molar-refractivity contribution in [3.8, 4) is 5.75 Å². The third-order valence-corrected chi connectivity index (χ3v) is 4.72. The number of sulfone groups is 1. The van der Waals surface area contributed by atoms with E-state index in [-0.39, 0.29) is 10.9 Å². The van der Waals surface area contributed by atoms with Crippen LogP contribution in [0, 0.1) is 0 Å². The molecule has 1 aromatic carbocycles. The van der Waals surface area contributed by atoms with E-state index in [9.17, 15) is 23.1 Å². The topological polar surface area (TPSA) is 123 Å². The first-order valence-corrected chi connectivity index (χ1v) is 9.43. The fourth-order valence-electron chi connectivity index (χ4n) is 2.44. The monoisotopic (exact) mass is 381 g/mol. The maximum absolute atomic E-state index is 12.5. The zero-order chi connectivity index (χ0) is 19.5. The molecule has 2 N–H and O–H groups in total. The van der Waals surface area contributed by atoms with Gasteiger partial charge in [0.1, 0.15) is 5.75 Å². The van der Waals surface area contributed by atoms with Crippen molar-refractivity contribution in [2.75, 3.05) is 13.4 Å². The average Bonchev–Trinajstić information content (AvgIpc) is 3.04. The first-order valence-electron chi connectivity index (χ1n) is 7.54. The number of hydrogen-bond donors (Lipinski definition) is 2. The maximum atomic E-state index is 12.5. The summed E-state index contributed by atoms with van der Waals surface area (Å²) in [5.41, 5.74) is -0.752. The summed E-state index contributed by atoms with van der Waals surface area (Å²) in [6.45, 7) is 1.55. The molecule has 1 atom stereocenters. The summed E-state index contributed by atoms with van der Waals surface area (Å²) in [7, 11) is -2.12. The van der Waals surface area contributed by atoms with Crippen LogP contribution in [0.5, 0.6) is 5.75 Å². The Morgan fingerprint density at radius 2 is 1.96 bits per heavy atom. The van der Waals surface area contributed by atoms with E-state index in [0.717, 1.165) is 6.26 Å². The molecule has 1 heterocycles. The Morgan fingerprint density at radius 3 is 2.50 bits per heavy atom. The number of carboxylic acid groups (broad SMARTS) is 1. The number of furan rings is 1. The van der Waals surface area contributed by atoms with E-state index in [1.54, 1.807) is 31.2 Å². The predicted octanol–water partition coefficient (Wildman–Crippen LogP) is 1.81. The van der Waals surface area contributed by atoms with E-state index in [1.807, 2.05) is 0 Å². The second-order valence-corrected chi connectivity index (χ2v) is 7.93. The van der Waals surface area contributed by atoms with Crippen LogP contribution in [0.15, 0.2) is 45.9 Å². The quantitative estimate of drug-likeness (QED) is 0.750. The molecule has 1 unspecified atom stereocenters. The number of rotatable bonds is 7. The summed E-state index contributed by atoms with van der Waals surface area (Å²) in [5.74, 6) is -1.57. The third-order valence-electron chi connectivity index (χ3n) is 3.77. The van der Waals surface area contributed by atoms with Gasteiger partial charge in [0.05, 0.1) is 19.1 Å². The van der Waals surface area contributed by atoms with Crippen molar-refractivity contribution in [1.29, 1.82) is 0 Å². The van der Waals surface area contributed by atoms with Gasteiger partial charge in [-0.15, -0.1) is 0 Å². The van der Waals surface area contributed by atoms with Crippen LogP contribution in [-0.4, -0.2) is 38.8 Å². The lowest BCUT2D eigenvalue weighted by Gasteiger charge is -2.29. The molecule has 2 rings (SSSR count). The molecule has 9 heteroatoms. The van der Waals surface area contributed by atoms with Crippen molar-refractivity contribution in [2.24, 2.45) is 0 Å². The predicted molar refractivity (Wildman–Crippen MR) is 91.9 cm³/mol. The fourth-order valence-corrected chi connectivity index (χ4v) is 3.00. The van der Waals surface area contributed by atoms with Gasteiger partial charge < -0.3 is 19.6 Å². The van der Waals surface area contributed by atoms with Gasteiger partial charge >= 0.3 is 5.97 Å². The van der Waals surface area contributed by atoms with Gasteiger partial charge in [0, 0.05) is 6.26 Å². The number of methoxy groups -OCH3 is 1. The highest BCUT2D eigenvalue weighted by Crippen LogP contribution is 2.28. The molecule has 0 spiro atoms. The molecule has 1 aromatic heterocycles. The zero-order valence-corrected chi connectivity index (χ0v) is 15.3. The van der Waals surface area contributed by atoms with E-state index in [0.29, 0.717) is 11.3 Å². The van der Waals surface area contributed by atoms with Crippen LogP contribution >= 0.6 is 0 Å². The zero-order valence-electron chi connectivity index (χ0n) is 14.5. The van der Waals surface area contributed by atoms with Crippen molar-refractivity contribution >= 4 is 21.7 Å². The van der Waals surface area contributed by atoms with Crippen molar-refractivity contribution in [3.05, 3.63) is 47.7 Å². The van der Waals surface area contributed by atoms with Gasteiger partial charge in [0.25, 0.3) is 5.91 Å². The van der Waals surface area contributed by atoms with Crippen molar-refractivity contribution in [2.45, 2.75) is 24.0 Å². The first kappa shape index (κ1) is 19.5. The Balaban J connectivity index is 2.36. The highest BCUT2D eigenvalue weighted by molar-refractivity contribution is 7.90. The van der Waals surface area contributed by atoms with Crippen molar-refractivity contribution < 1.29 is 32.3 Å². The number of carbonyl (C=O) groups is 2. The molecular formula is C17H19NO7S. The molecule has 1 amide bonds. The summed E-state index contributed by atoms with van der Waals surface area (Å²) >= 11 is 0. The van der Waals surface area contributed by atoms with Crippen LogP contribution in [-0.2, 0) is 20.2 Å². The van der Waals surface area contributed by atoms with E-state index in [4.69, 9.17) is 9.15 Å². The molecule has 0 saturated carbocycles. The molecule has 8 nitrogen and oxygen atoms in total. The molecule has 0 fully saturated rings. The lowest BCUT2D eigenvalue weighted by atomic mass is 9.88. The van der Waals surface area contributed by atoms with Crippen molar-refractivity contribution in [3.63, 3.8) is 0 Å². The summed E-state index contributed by atoms with van der Waals surface area (Å²) in [6, 6.07) is 9.04. The van der Waals surface area contributed by atoms with Crippen LogP contribution in [0.2, 0.25) is 0 Å². The van der Waals surface area contributed by atoms with Gasteiger partial charge in [0.2, 0.25) is 14.9 Å². The highest BCUT2D eigenvalue weighted by Gasteiger charge is 2.33. The van der Waals surface area contributed by atoms with E-state index in [1.165, 1.54) is 19.2 Å². The van der Waals surface area contributed by atoms with Crippen LogP contribution in [0.25, 0.3) is 0 Å². The number of hydrogen-bond acceptors (Lipinski definition) is 6. The number of carboxylic acids is 1. The summed E-state index contributed by atoms with van der Waals surface area (Å²) in [4.78, 5) is 23.8. The summed E-state index contributed by atoms with van der Waals surface area (Å²) in [5, 5.41) is 11.5. The average molecular weight is 381 g/mol. The number of benzene rings is 1. The molecular weight excluding hydrogens is 362 g/mol. The molecule has 140 valence electrons. The normalized spacial score (nSPS) is 13.7. The number of ether oxygens (including phenoxy) is 1. The lowest BCUT2D eigenvalue weighted by Crippen LogP contribution is -2.45. The molecule has 0 aliphatic carbocycles. The first-order chi connectivity index (χ1) is 12.0. The number of carbonyl (C=O) groups excluding carboxylic acids is 1. The van der Waals surface area contributed by atoms with Gasteiger partial charge in [-0.05, 0) is 36.8 Å². The molecule has 26 heavy (non-hydrogen) atoms. The molecule has 0 aliphatic rings. The lowest BCUT2D eigenvalue weighted by molar-refractivity contribution is -0.138. The van der Waals surface area contributed by atoms with Gasteiger partial charge in [-0.3, -0.25) is 9.59 Å². The molecule has 0 saturated heterocycles. The van der Waals surface area contributed by atoms with Crippen LogP contribution in [0.1, 0.15) is 29.5 Å². The summed E-state index contributed by atoms with van der Waals surface area (Å²) < 4.78 is 33.2. The Morgan fingerprint density at radius 1 is 1.27 bits per heavy atom. The van der Waals surface area contributed by atoms with Gasteiger partial charge in [-0.2, -0.15) is 0 Å². The Hall–Kier alpha value is -2.81. The van der Waals surface area contributed by atoms with Crippen LogP contribution in [0.3, 0.4) is 0 Å². The molecule has 2 aromatic rings.